The third kappa shape index (κ3) is 15.7. The van der Waals surface area contributed by atoms with Crippen molar-refractivity contribution in [1.29, 1.82) is 0 Å². The molecule has 0 aromatic heterocycles. The molecule has 1 aliphatic heterocycles. The van der Waals surface area contributed by atoms with Gasteiger partial charge in [-0.2, -0.15) is 0 Å². The fourth-order valence-electron chi connectivity index (χ4n) is 2.91. The molecular weight excluding hydrogens is 413 g/mol. The minimum Gasteiger partial charge on any atom is -0.378 e. The summed E-state index contributed by atoms with van der Waals surface area (Å²) in [6, 6.07) is 0. The molecule has 0 radical (unpaired) electrons. The molecular formula is C20H42NO8P. The molecule has 10 heteroatoms. The molecule has 0 aliphatic carbocycles. The van der Waals surface area contributed by atoms with Crippen molar-refractivity contribution in [2.24, 2.45) is 0 Å². The summed E-state index contributed by atoms with van der Waals surface area (Å²) in [5.74, 6) is 0. The Morgan fingerprint density at radius 1 is 0.667 bits per heavy atom. The van der Waals surface area contributed by atoms with E-state index in [1.807, 2.05) is 13.8 Å². The van der Waals surface area contributed by atoms with Gasteiger partial charge in [0.25, 0.3) is 0 Å². The lowest BCUT2D eigenvalue weighted by molar-refractivity contribution is -0.0185. The van der Waals surface area contributed by atoms with Gasteiger partial charge in [0.1, 0.15) is 0 Å². The van der Waals surface area contributed by atoms with Crippen LogP contribution in [0.5, 0.6) is 0 Å². The van der Waals surface area contributed by atoms with Crippen molar-refractivity contribution in [3.63, 3.8) is 0 Å². The van der Waals surface area contributed by atoms with Gasteiger partial charge in [0, 0.05) is 13.1 Å². The molecule has 0 aromatic rings. The van der Waals surface area contributed by atoms with Crippen LogP contribution in [0.15, 0.2) is 0 Å². The lowest BCUT2D eigenvalue weighted by atomic mass is 10.3. The summed E-state index contributed by atoms with van der Waals surface area (Å²) in [6.07, 6.45) is 2.16. The van der Waals surface area contributed by atoms with E-state index in [4.69, 9.17) is 32.7 Å². The molecule has 1 heterocycles. The number of rotatable bonds is 9. The normalized spacial score (nSPS) is 20.5. The fourth-order valence-corrected chi connectivity index (χ4v) is 4.64. The molecule has 0 aromatic carbocycles. The highest BCUT2D eigenvalue weighted by Gasteiger charge is 2.22. The van der Waals surface area contributed by atoms with E-state index >= 15 is 0 Å². The maximum atomic E-state index is 12.5. The lowest BCUT2D eigenvalue weighted by Crippen LogP contribution is -2.32. The predicted molar refractivity (Wildman–Crippen MR) is 115 cm³/mol. The Morgan fingerprint density at radius 3 is 1.47 bits per heavy atom. The summed E-state index contributed by atoms with van der Waals surface area (Å²) >= 11 is 0. The summed E-state index contributed by atoms with van der Waals surface area (Å²) in [5.41, 5.74) is 0. The Kier molecular flexibility index (Phi) is 18.2. The van der Waals surface area contributed by atoms with Crippen LogP contribution in [0.3, 0.4) is 0 Å². The van der Waals surface area contributed by atoms with E-state index < -0.39 is 7.60 Å². The highest BCUT2D eigenvalue weighted by molar-refractivity contribution is 7.53. The summed E-state index contributed by atoms with van der Waals surface area (Å²) in [5, 5.41) is 0. The van der Waals surface area contributed by atoms with Crippen molar-refractivity contribution in [2.75, 3.05) is 105 Å². The number of hydrogen-bond donors (Lipinski definition) is 0. The van der Waals surface area contributed by atoms with E-state index in [-0.39, 0.29) is 0 Å². The quantitative estimate of drug-likeness (QED) is 0.384. The molecule has 30 heavy (non-hydrogen) atoms. The summed E-state index contributed by atoms with van der Waals surface area (Å²) < 4.78 is 51.0. The molecule has 1 fully saturated rings. The standard InChI is InChI=1S/C20H42NO8P/c1-3-28-30(22,29-4-2)20-6-5-7-21-8-10-23-12-14-25-16-18-27-19-17-26-15-13-24-11-9-21/h3-20H2,1-2H3. The van der Waals surface area contributed by atoms with E-state index in [9.17, 15) is 4.57 Å². The van der Waals surface area contributed by atoms with Gasteiger partial charge < -0.3 is 32.7 Å². The van der Waals surface area contributed by atoms with Crippen LogP contribution < -0.4 is 0 Å². The van der Waals surface area contributed by atoms with Gasteiger partial charge in [0.15, 0.2) is 0 Å². The zero-order valence-corrected chi connectivity index (χ0v) is 19.8. The first-order chi connectivity index (χ1) is 14.7. The van der Waals surface area contributed by atoms with Crippen LogP contribution in [-0.4, -0.2) is 110 Å². The number of nitrogens with zero attached hydrogens (tertiary/aromatic N) is 1. The second kappa shape index (κ2) is 19.6. The van der Waals surface area contributed by atoms with Gasteiger partial charge in [-0.3, -0.25) is 9.46 Å². The molecule has 1 aliphatic rings. The first kappa shape index (κ1) is 27.9. The third-order valence-electron chi connectivity index (χ3n) is 4.40. The topological polar surface area (TPSA) is 84.9 Å². The molecule has 1 rings (SSSR count). The summed E-state index contributed by atoms with van der Waals surface area (Å²) in [4.78, 5) is 2.31. The molecule has 1 saturated heterocycles. The van der Waals surface area contributed by atoms with Gasteiger partial charge in [-0.15, -0.1) is 0 Å². The average molecular weight is 456 g/mol. The summed E-state index contributed by atoms with van der Waals surface area (Å²) in [6.45, 7) is 12.8. The second-order valence-electron chi connectivity index (χ2n) is 6.78. The maximum absolute atomic E-state index is 12.5. The van der Waals surface area contributed by atoms with Crippen LogP contribution in [0.1, 0.15) is 26.7 Å². The molecule has 9 nitrogen and oxygen atoms in total. The highest BCUT2D eigenvalue weighted by atomic mass is 31.2. The zero-order valence-electron chi connectivity index (χ0n) is 18.9. The molecule has 0 bridgehead atoms. The SMILES string of the molecule is CCOP(=O)(CCCCN1CCOCCOCCOCCOCCOCC1)OCC. The van der Waals surface area contributed by atoms with Crippen molar-refractivity contribution in [2.45, 2.75) is 26.7 Å². The minimum atomic E-state index is -2.96. The van der Waals surface area contributed by atoms with E-state index in [2.05, 4.69) is 4.90 Å². The van der Waals surface area contributed by atoms with Gasteiger partial charge in [-0.05, 0) is 33.2 Å². The minimum absolute atomic E-state index is 0.401. The lowest BCUT2D eigenvalue weighted by Gasteiger charge is -2.23. The van der Waals surface area contributed by atoms with Crippen LogP contribution in [0.25, 0.3) is 0 Å². The van der Waals surface area contributed by atoms with Crippen molar-refractivity contribution in [3.05, 3.63) is 0 Å². The van der Waals surface area contributed by atoms with Gasteiger partial charge in [-0.25, -0.2) is 0 Å². The molecule has 0 unspecified atom stereocenters. The first-order valence-corrected chi connectivity index (χ1v) is 12.9. The van der Waals surface area contributed by atoms with E-state index in [0.717, 1.165) is 32.5 Å². The molecule has 0 N–H and O–H groups in total. The van der Waals surface area contributed by atoms with Crippen LogP contribution in [-0.2, 0) is 37.3 Å². The Hall–Kier alpha value is -0.0900. The maximum Gasteiger partial charge on any atom is 0.330 e. The van der Waals surface area contributed by atoms with Crippen LogP contribution in [0, 0.1) is 0 Å². The predicted octanol–water partition coefficient (Wildman–Crippen LogP) is 2.43. The van der Waals surface area contributed by atoms with Crippen molar-refractivity contribution >= 4 is 7.60 Å². The molecule has 0 saturated carbocycles. The Bertz CT molecular complexity index is 402. The summed E-state index contributed by atoms with van der Waals surface area (Å²) in [7, 11) is -2.96. The first-order valence-electron chi connectivity index (χ1n) is 11.2. The van der Waals surface area contributed by atoms with Crippen molar-refractivity contribution in [3.8, 4) is 0 Å². The average Bonchev–Trinajstić information content (AvgIpc) is 2.72. The Morgan fingerprint density at radius 2 is 1.07 bits per heavy atom. The van der Waals surface area contributed by atoms with Gasteiger partial charge in [0.05, 0.1) is 85.4 Å². The molecule has 0 spiro atoms. The van der Waals surface area contributed by atoms with E-state index in [1.54, 1.807) is 0 Å². The number of ether oxygens (including phenoxy) is 5. The number of unbranched alkanes of at least 4 members (excludes halogenated alkanes) is 1. The van der Waals surface area contributed by atoms with Crippen molar-refractivity contribution < 1.29 is 37.3 Å². The largest absolute Gasteiger partial charge is 0.378 e. The van der Waals surface area contributed by atoms with Crippen molar-refractivity contribution in [1.82, 2.24) is 4.90 Å². The zero-order chi connectivity index (χ0) is 21.8. The Balaban J connectivity index is 2.33. The molecule has 0 amide bonds. The van der Waals surface area contributed by atoms with Crippen LogP contribution in [0.2, 0.25) is 0 Å². The van der Waals surface area contributed by atoms with E-state index in [1.165, 1.54) is 0 Å². The van der Waals surface area contributed by atoms with Gasteiger partial charge in [-0.1, -0.05) is 0 Å². The molecule has 180 valence electrons. The van der Waals surface area contributed by atoms with Crippen LogP contribution in [0.4, 0.5) is 0 Å². The smallest absolute Gasteiger partial charge is 0.330 e. The fraction of sp³-hybridized carbons (Fsp3) is 1.00. The highest BCUT2D eigenvalue weighted by Crippen LogP contribution is 2.48. The second-order valence-corrected chi connectivity index (χ2v) is 8.97. The van der Waals surface area contributed by atoms with Gasteiger partial charge in [0.2, 0.25) is 0 Å². The van der Waals surface area contributed by atoms with Gasteiger partial charge >= 0.3 is 7.60 Å². The third-order valence-corrected chi connectivity index (χ3v) is 6.57. The monoisotopic (exact) mass is 455 g/mol. The van der Waals surface area contributed by atoms with Crippen LogP contribution >= 0.6 is 7.60 Å². The number of hydrogen-bond acceptors (Lipinski definition) is 9. The van der Waals surface area contributed by atoms with E-state index in [0.29, 0.717) is 85.4 Å². The Labute approximate surface area is 182 Å². The molecule has 0 atom stereocenters.